The fourth-order valence-corrected chi connectivity index (χ4v) is 2.47. The van der Waals surface area contributed by atoms with Crippen LogP contribution in [0.5, 0.6) is 11.8 Å². The molecule has 2 aromatic heterocycles. The molecule has 106 valence electrons. The van der Waals surface area contributed by atoms with E-state index in [4.69, 9.17) is 16.3 Å². The molecule has 0 spiro atoms. The first-order valence-corrected chi connectivity index (χ1v) is 6.59. The number of aliphatic carboxylic acids is 1. The summed E-state index contributed by atoms with van der Waals surface area (Å²) in [6.45, 7) is 5.50. The van der Waals surface area contributed by atoms with E-state index in [9.17, 15) is 9.90 Å². The summed E-state index contributed by atoms with van der Waals surface area (Å²) in [5, 5.41) is 9.56. The van der Waals surface area contributed by atoms with Crippen molar-refractivity contribution in [3.63, 3.8) is 0 Å². The third kappa shape index (κ3) is 2.25. The van der Waals surface area contributed by atoms with Crippen LogP contribution >= 0.6 is 11.6 Å². The predicted molar refractivity (Wildman–Crippen MR) is 76.9 cm³/mol. The average Bonchev–Trinajstić information content (AvgIpc) is 2.43. The van der Waals surface area contributed by atoms with E-state index >= 15 is 0 Å². The van der Waals surface area contributed by atoms with Crippen LogP contribution in [0, 0.1) is 6.92 Å². The lowest BCUT2D eigenvalue weighted by Crippen LogP contribution is -2.18. The van der Waals surface area contributed by atoms with E-state index in [1.807, 2.05) is 6.92 Å². The van der Waals surface area contributed by atoms with Crippen molar-refractivity contribution in [2.24, 2.45) is 0 Å². The Morgan fingerprint density at radius 3 is 2.52 bits per heavy atom. The van der Waals surface area contributed by atoms with Crippen LogP contribution < -0.4 is 4.74 Å². The third-order valence-corrected chi connectivity index (χ3v) is 3.53. The molecule has 0 fully saturated rings. The lowest BCUT2D eigenvalue weighted by Gasteiger charge is -2.26. The van der Waals surface area contributed by atoms with Gasteiger partial charge in [-0.1, -0.05) is 24.2 Å². The first kappa shape index (κ1) is 13.6. The number of halogens is 1. The molecule has 3 heterocycles. The minimum Gasteiger partial charge on any atom is -0.478 e. The summed E-state index contributed by atoms with van der Waals surface area (Å²) in [5.41, 5.74) is 2.07. The van der Waals surface area contributed by atoms with Gasteiger partial charge in [-0.05, 0) is 25.1 Å². The maximum Gasteiger partial charge on any atom is 0.331 e. The van der Waals surface area contributed by atoms with Crippen LogP contribution in [0.15, 0.2) is 36.4 Å². The SMILES string of the molecule is C=C(C(=O)O)[C@H]1c2ccc(C)nc2Oc2nc(Cl)ccc21. The molecule has 1 aliphatic rings. The largest absolute Gasteiger partial charge is 0.478 e. The van der Waals surface area contributed by atoms with Gasteiger partial charge in [0.25, 0.3) is 0 Å². The maximum absolute atomic E-state index is 11.3. The molecule has 1 atom stereocenters. The first-order valence-electron chi connectivity index (χ1n) is 6.21. The monoisotopic (exact) mass is 302 g/mol. The third-order valence-electron chi connectivity index (χ3n) is 3.32. The topological polar surface area (TPSA) is 72.3 Å². The van der Waals surface area contributed by atoms with Crippen molar-refractivity contribution in [1.29, 1.82) is 0 Å². The summed E-state index contributed by atoms with van der Waals surface area (Å²) >= 11 is 5.87. The van der Waals surface area contributed by atoms with Crippen LogP contribution in [0.2, 0.25) is 5.15 Å². The summed E-state index contributed by atoms with van der Waals surface area (Å²) in [6.07, 6.45) is 0. The van der Waals surface area contributed by atoms with Crippen molar-refractivity contribution in [2.75, 3.05) is 0 Å². The van der Waals surface area contributed by atoms with Crippen molar-refractivity contribution >= 4 is 17.6 Å². The van der Waals surface area contributed by atoms with Gasteiger partial charge in [-0.15, -0.1) is 0 Å². The zero-order chi connectivity index (χ0) is 15.1. The van der Waals surface area contributed by atoms with Gasteiger partial charge < -0.3 is 9.84 Å². The molecule has 21 heavy (non-hydrogen) atoms. The Labute approximate surface area is 125 Å². The fraction of sp³-hybridized carbons (Fsp3) is 0.133. The van der Waals surface area contributed by atoms with Gasteiger partial charge in [-0.3, -0.25) is 0 Å². The minimum absolute atomic E-state index is 0.0376. The average molecular weight is 303 g/mol. The highest BCUT2D eigenvalue weighted by atomic mass is 35.5. The minimum atomic E-state index is -1.07. The van der Waals surface area contributed by atoms with Gasteiger partial charge >= 0.3 is 5.97 Å². The van der Waals surface area contributed by atoms with Crippen molar-refractivity contribution < 1.29 is 14.6 Å². The van der Waals surface area contributed by atoms with Crippen LogP contribution in [0.4, 0.5) is 0 Å². The quantitative estimate of drug-likeness (QED) is 0.680. The Bertz CT molecular complexity index is 722. The molecule has 0 aromatic carbocycles. The Morgan fingerprint density at radius 1 is 1.24 bits per heavy atom. The van der Waals surface area contributed by atoms with E-state index in [0.717, 1.165) is 5.69 Å². The van der Waals surface area contributed by atoms with E-state index in [0.29, 0.717) is 17.0 Å². The highest BCUT2D eigenvalue weighted by Gasteiger charge is 2.33. The van der Waals surface area contributed by atoms with Gasteiger partial charge in [0.05, 0.1) is 5.92 Å². The molecule has 3 rings (SSSR count). The van der Waals surface area contributed by atoms with E-state index < -0.39 is 11.9 Å². The van der Waals surface area contributed by atoms with Crippen molar-refractivity contribution in [1.82, 2.24) is 9.97 Å². The predicted octanol–water partition coefficient (Wildman–Crippen LogP) is 3.32. The van der Waals surface area contributed by atoms with Crippen LogP contribution in [0.3, 0.4) is 0 Å². The highest BCUT2D eigenvalue weighted by Crippen LogP contribution is 2.45. The number of carbonyl (C=O) groups is 1. The van der Waals surface area contributed by atoms with Crippen LogP contribution in [0.1, 0.15) is 22.7 Å². The first-order chi connectivity index (χ1) is 9.97. The van der Waals surface area contributed by atoms with Crippen molar-refractivity contribution in [3.8, 4) is 11.8 Å². The van der Waals surface area contributed by atoms with Gasteiger partial charge in [0.1, 0.15) is 5.15 Å². The van der Waals surface area contributed by atoms with E-state index in [2.05, 4.69) is 16.5 Å². The van der Waals surface area contributed by atoms with E-state index in [1.54, 1.807) is 24.3 Å². The second-order valence-corrected chi connectivity index (χ2v) is 5.13. The number of ether oxygens (including phenoxy) is 1. The number of aryl methyl sites for hydroxylation is 1. The molecular formula is C15H11ClN2O3. The second kappa shape index (κ2) is 4.86. The standard InChI is InChI=1S/C15H11ClN2O3/c1-7-3-4-9-12(8(2)15(19)20)10-5-6-11(16)18-14(10)21-13(9)17-7/h3-6,12H,2H2,1H3,(H,19,20)/t12-/m0/s1. The number of nitrogens with zero attached hydrogens (tertiary/aromatic N) is 2. The van der Waals surface area contributed by atoms with Gasteiger partial charge in [0, 0.05) is 22.4 Å². The van der Waals surface area contributed by atoms with E-state index in [-0.39, 0.29) is 16.6 Å². The van der Waals surface area contributed by atoms with Crippen LogP contribution in [-0.4, -0.2) is 21.0 Å². The molecule has 0 amide bonds. The van der Waals surface area contributed by atoms with Crippen molar-refractivity contribution in [2.45, 2.75) is 12.8 Å². The number of carboxylic acid groups (broad SMARTS) is 1. The molecule has 2 aromatic rings. The Hall–Kier alpha value is -2.40. The van der Waals surface area contributed by atoms with Gasteiger partial charge in [0.15, 0.2) is 0 Å². The summed E-state index contributed by atoms with van der Waals surface area (Å²) < 4.78 is 5.66. The number of fused-ring (bicyclic) bond motifs is 2. The fourth-order valence-electron chi connectivity index (χ4n) is 2.33. The van der Waals surface area contributed by atoms with Gasteiger partial charge in [-0.2, -0.15) is 0 Å². The zero-order valence-corrected chi connectivity index (χ0v) is 11.9. The Kier molecular flexibility index (Phi) is 3.14. The second-order valence-electron chi connectivity index (χ2n) is 4.74. The normalized spacial score (nSPS) is 15.6. The summed E-state index contributed by atoms with van der Waals surface area (Å²) in [5.74, 6) is -1.03. The smallest absolute Gasteiger partial charge is 0.331 e. The molecule has 0 saturated heterocycles. The zero-order valence-electron chi connectivity index (χ0n) is 11.1. The van der Waals surface area contributed by atoms with Gasteiger partial charge in [0.2, 0.25) is 11.8 Å². The molecular weight excluding hydrogens is 292 g/mol. The molecule has 0 aliphatic carbocycles. The Balaban J connectivity index is 2.23. The number of hydrogen-bond acceptors (Lipinski definition) is 4. The molecule has 1 aliphatic heterocycles. The van der Waals surface area contributed by atoms with Crippen LogP contribution in [-0.2, 0) is 4.79 Å². The number of rotatable bonds is 2. The van der Waals surface area contributed by atoms with Crippen LogP contribution in [0.25, 0.3) is 0 Å². The number of aromatic nitrogens is 2. The highest BCUT2D eigenvalue weighted by molar-refractivity contribution is 6.29. The molecule has 0 saturated carbocycles. The lowest BCUT2D eigenvalue weighted by atomic mass is 9.85. The summed E-state index contributed by atoms with van der Waals surface area (Å²) in [7, 11) is 0. The molecule has 6 heteroatoms. The lowest BCUT2D eigenvalue weighted by molar-refractivity contribution is -0.132. The molecule has 0 bridgehead atoms. The summed E-state index contributed by atoms with van der Waals surface area (Å²) in [6, 6.07) is 6.90. The molecule has 1 N–H and O–H groups in total. The van der Waals surface area contributed by atoms with Crippen molar-refractivity contribution in [3.05, 3.63) is 58.4 Å². The molecule has 5 nitrogen and oxygen atoms in total. The number of pyridine rings is 2. The Morgan fingerprint density at radius 2 is 1.86 bits per heavy atom. The molecule has 0 radical (unpaired) electrons. The van der Waals surface area contributed by atoms with E-state index in [1.165, 1.54) is 0 Å². The van der Waals surface area contributed by atoms with Gasteiger partial charge in [-0.25, -0.2) is 14.8 Å². The number of hydrogen-bond donors (Lipinski definition) is 1. The summed E-state index contributed by atoms with van der Waals surface area (Å²) in [4.78, 5) is 19.7. The molecule has 0 unspecified atom stereocenters. The maximum atomic E-state index is 11.3. The number of carboxylic acids is 1.